The molecule has 1 aromatic rings. The smallest absolute Gasteiger partial charge is 0.239 e. The van der Waals surface area contributed by atoms with Crippen LogP contribution in [0.25, 0.3) is 0 Å². The number of rotatable bonds is 8. The average Bonchev–Trinajstić information content (AvgIpc) is 3.53. The van der Waals surface area contributed by atoms with Crippen molar-refractivity contribution in [2.45, 2.75) is 45.7 Å². The Hall–Kier alpha value is -2.06. The van der Waals surface area contributed by atoms with E-state index in [1.165, 1.54) is 0 Å². The zero-order valence-electron chi connectivity index (χ0n) is 19.7. The second-order valence-electron chi connectivity index (χ2n) is 8.41. The van der Waals surface area contributed by atoms with E-state index in [4.69, 9.17) is 4.42 Å². The van der Waals surface area contributed by atoms with Crippen molar-refractivity contribution in [3.63, 3.8) is 0 Å². The molecule has 0 radical (unpaired) electrons. The fourth-order valence-electron chi connectivity index (χ4n) is 4.75. The molecule has 0 aromatic carbocycles. The Morgan fingerprint density at radius 1 is 1.13 bits per heavy atom. The van der Waals surface area contributed by atoms with Crippen molar-refractivity contribution < 1.29 is 9.21 Å². The van der Waals surface area contributed by atoms with Gasteiger partial charge in [-0.05, 0) is 45.0 Å². The van der Waals surface area contributed by atoms with Crippen LogP contribution in [0.4, 0.5) is 0 Å². The summed E-state index contributed by atoms with van der Waals surface area (Å²) in [5.74, 6) is 2.18. The summed E-state index contributed by atoms with van der Waals surface area (Å²) in [6.45, 7) is 14.4. The molecule has 174 valence electrons. The Labute approximate surface area is 187 Å². The van der Waals surface area contributed by atoms with Crippen molar-refractivity contribution >= 4 is 11.9 Å². The van der Waals surface area contributed by atoms with Gasteiger partial charge in [0.2, 0.25) is 5.91 Å². The van der Waals surface area contributed by atoms with Crippen molar-refractivity contribution in [2.75, 3.05) is 66.0 Å². The first-order chi connectivity index (χ1) is 15.1. The Balaban J connectivity index is 1.53. The third kappa shape index (κ3) is 5.80. The van der Waals surface area contributed by atoms with Crippen LogP contribution in [0.5, 0.6) is 0 Å². The highest BCUT2D eigenvalue weighted by Crippen LogP contribution is 2.20. The lowest BCUT2D eigenvalue weighted by Gasteiger charge is -2.40. The largest absolute Gasteiger partial charge is 0.468 e. The van der Waals surface area contributed by atoms with Crippen LogP contribution in [-0.2, 0) is 4.79 Å². The van der Waals surface area contributed by atoms with Crippen LogP contribution in [0.2, 0.25) is 0 Å². The van der Waals surface area contributed by atoms with Gasteiger partial charge < -0.3 is 19.5 Å². The number of likely N-dealkylation sites (tertiary alicyclic amines) is 1. The van der Waals surface area contributed by atoms with Crippen LogP contribution in [-0.4, -0.2) is 103 Å². The second-order valence-corrected chi connectivity index (χ2v) is 8.41. The van der Waals surface area contributed by atoms with Gasteiger partial charge in [0.1, 0.15) is 5.76 Å². The maximum absolute atomic E-state index is 12.7. The van der Waals surface area contributed by atoms with E-state index in [1.54, 1.807) is 6.26 Å². The number of aliphatic imine (C=N–C) groups is 1. The van der Waals surface area contributed by atoms with Crippen LogP contribution in [0.15, 0.2) is 27.8 Å². The Kier molecular flexibility index (Phi) is 8.78. The second kappa shape index (κ2) is 11.5. The van der Waals surface area contributed by atoms with E-state index in [9.17, 15) is 4.79 Å². The number of carbonyl (C=O) groups is 1. The fraction of sp³-hybridized carbons (Fsp3) is 0.739. The summed E-state index contributed by atoms with van der Waals surface area (Å²) in [7, 11) is 1.84. The van der Waals surface area contributed by atoms with Crippen molar-refractivity contribution in [1.82, 2.24) is 24.9 Å². The van der Waals surface area contributed by atoms with Crippen LogP contribution in [0.3, 0.4) is 0 Å². The predicted octanol–water partition coefficient (Wildman–Crippen LogP) is 1.87. The molecule has 0 aliphatic carbocycles. The molecule has 3 rings (SSSR count). The lowest BCUT2D eigenvalue weighted by molar-refractivity contribution is -0.135. The summed E-state index contributed by atoms with van der Waals surface area (Å²) in [6, 6.07) is 4.12. The van der Waals surface area contributed by atoms with Gasteiger partial charge in [0, 0.05) is 52.9 Å². The number of hydrogen-bond acceptors (Lipinski definition) is 5. The molecule has 8 heteroatoms. The molecule has 0 spiro atoms. The van der Waals surface area contributed by atoms with Gasteiger partial charge in [0.05, 0.1) is 18.3 Å². The number of piperazine rings is 1. The van der Waals surface area contributed by atoms with Crippen molar-refractivity contribution in [3.05, 3.63) is 24.2 Å². The first-order valence-corrected chi connectivity index (χ1v) is 11.8. The lowest BCUT2D eigenvalue weighted by atomic mass is 10.2. The highest BCUT2D eigenvalue weighted by atomic mass is 16.3. The Morgan fingerprint density at radius 2 is 1.81 bits per heavy atom. The topological polar surface area (TPSA) is 67.6 Å². The van der Waals surface area contributed by atoms with E-state index in [0.717, 1.165) is 83.5 Å². The molecule has 2 unspecified atom stereocenters. The van der Waals surface area contributed by atoms with Crippen molar-refractivity contribution in [1.29, 1.82) is 0 Å². The third-order valence-corrected chi connectivity index (χ3v) is 6.73. The standard InChI is InChI=1S/C23H40N6O2/c1-5-26(6-2)20(21-10-9-17-31-21)18-25-23(24-4)29-15-13-27(14-16-29)19(3)22(30)28-11-7-8-12-28/h9-10,17,19-20H,5-8,11-16,18H2,1-4H3,(H,24,25). The van der Waals surface area contributed by atoms with Crippen molar-refractivity contribution in [2.24, 2.45) is 4.99 Å². The molecule has 2 aliphatic rings. The van der Waals surface area contributed by atoms with E-state index < -0.39 is 0 Å². The van der Waals surface area contributed by atoms with E-state index in [0.29, 0.717) is 0 Å². The van der Waals surface area contributed by atoms with Crippen LogP contribution < -0.4 is 5.32 Å². The molecular formula is C23H40N6O2. The number of furan rings is 1. The number of nitrogens with zero attached hydrogens (tertiary/aromatic N) is 5. The quantitative estimate of drug-likeness (QED) is 0.500. The van der Waals surface area contributed by atoms with E-state index >= 15 is 0 Å². The third-order valence-electron chi connectivity index (χ3n) is 6.73. The molecule has 8 nitrogen and oxygen atoms in total. The minimum atomic E-state index is -0.0405. The van der Waals surface area contributed by atoms with Gasteiger partial charge in [-0.2, -0.15) is 0 Å². The van der Waals surface area contributed by atoms with Gasteiger partial charge in [-0.15, -0.1) is 0 Å². The summed E-state index contributed by atoms with van der Waals surface area (Å²) in [6.07, 6.45) is 4.02. The number of guanidine groups is 1. The zero-order chi connectivity index (χ0) is 22.2. The Morgan fingerprint density at radius 3 is 2.35 bits per heavy atom. The first-order valence-electron chi connectivity index (χ1n) is 11.8. The molecule has 2 saturated heterocycles. The molecule has 31 heavy (non-hydrogen) atoms. The highest BCUT2D eigenvalue weighted by Gasteiger charge is 2.31. The number of likely N-dealkylation sites (N-methyl/N-ethyl adjacent to an activating group) is 1. The summed E-state index contributed by atoms with van der Waals surface area (Å²) >= 11 is 0. The maximum atomic E-state index is 12.7. The summed E-state index contributed by atoms with van der Waals surface area (Å²) in [5, 5.41) is 3.57. The summed E-state index contributed by atoms with van der Waals surface area (Å²) in [4.78, 5) is 26.3. The maximum Gasteiger partial charge on any atom is 0.239 e. The molecule has 3 heterocycles. The van der Waals surface area contributed by atoms with Gasteiger partial charge in [-0.3, -0.25) is 19.6 Å². The first kappa shape index (κ1) is 23.6. The van der Waals surface area contributed by atoms with Gasteiger partial charge in [0.15, 0.2) is 5.96 Å². The zero-order valence-corrected chi connectivity index (χ0v) is 19.7. The van der Waals surface area contributed by atoms with E-state index in [1.807, 2.05) is 24.1 Å². The fourth-order valence-corrected chi connectivity index (χ4v) is 4.75. The van der Waals surface area contributed by atoms with E-state index in [2.05, 4.69) is 45.8 Å². The predicted molar refractivity (Wildman–Crippen MR) is 124 cm³/mol. The van der Waals surface area contributed by atoms with Crippen LogP contribution in [0.1, 0.15) is 45.4 Å². The van der Waals surface area contributed by atoms with Gasteiger partial charge in [0.25, 0.3) is 0 Å². The van der Waals surface area contributed by atoms with Crippen molar-refractivity contribution in [3.8, 4) is 0 Å². The van der Waals surface area contributed by atoms with E-state index in [-0.39, 0.29) is 18.0 Å². The molecule has 2 fully saturated rings. The molecule has 0 bridgehead atoms. The molecule has 1 amide bonds. The summed E-state index contributed by atoms with van der Waals surface area (Å²) < 4.78 is 5.72. The number of carbonyl (C=O) groups excluding carboxylic acids is 1. The minimum absolute atomic E-state index is 0.0405. The molecule has 1 N–H and O–H groups in total. The normalized spacial score (nSPS) is 20.4. The van der Waals surface area contributed by atoms with Crippen LogP contribution in [0, 0.1) is 0 Å². The molecule has 2 atom stereocenters. The molecule has 2 aliphatic heterocycles. The Bertz CT molecular complexity index is 689. The average molecular weight is 433 g/mol. The summed E-state index contributed by atoms with van der Waals surface area (Å²) in [5.41, 5.74) is 0. The highest BCUT2D eigenvalue weighted by molar-refractivity contribution is 5.82. The van der Waals surface area contributed by atoms with Gasteiger partial charge >= 0.3 is 0 Å². The molecule has 1 aromatic heterocycles. The lowest BCUT2D eigenvalue weighted by Crippen LogP contribution is -2.57. The van der Waals surface area contributed by atoms with Gasteiger partial charge in [-0.25, -0.2) is 0 Å². The molecular weight excluding hydrogens is 392 g/mol. The SMILES string of the molecule is CCN(CC)C(CNC(=NC)N1CCN(C(C)C(=O)N2CCCC2)CC1)c1ccco1. The monoisotopic (exact) mass is 432 g/mol. The van der Waals surface area contributed by atoms with Gasteiger partial charge in [-0.1, -0.05) is 13.8 Å². The number of hydrogen-bond donors (Lipinski definition) is 1. The number of amides is 1. The number of nitrogens with one attached hydrogen (secondary N) is 1. The molecule has 0 saturated carbocycles. The van der Waals surface area contributed by atoms with Crippen LogP contribution >= 0.6 is 0 Å². The minimum Gasteiger partial charge on any atom is -0.468 e.